The van der Waals surface area contributed by atoms with Crippen molar-refractivity contribution >= 4 is 17.8 Å². The summed E-state index contributed by atoms with van der Waals surface area (Å²) in [5.74, 6) is 1.39. The minimum atomic E-state index is -0.639. The first kappa shape index (κ1) is 20.3. The van der Waals surface area contributed by atoms with Crippen LogP contribution >= 0.6 is 0 Å². The molecule has 0 radical (unpaired) electrons. The van der Waals surface area contributed by atoms with Gasteiger partial charge in [-0.1, -0.05) is 0 Å². The van der Waals surface area contributed by atoms with Crippen LogP contribution < -0.4 is 18.9 Å². The molecule has 0 fully saturated rings. The van der Waals surface area contributed by atoms with E-state index in [0.717, 1.165) is 17.7 Å². The van der Waals surface area contributed by atoms with Crippen molar-refractivity contribution < 1.29 is 33.3 Å². The second-order valence-electron chi connectivity index (χ2n) is 6.23. The van der Waals surface area contributed by atoms with Crippen LogP contribution in [0.2, 0.25) is 0 Å². The number of fused-ring (bicyclic) bond motifs is 1. The van der Waals surface area contributed by atoms with Crippen LogP contribution in [-0.4, -0.2) is 46.3 Å². The molecule has 0 aromatic heterocycles. The van der Waals surface area contributed by atoms with Gasteiger partial charge in [-0.2, -0.15) is 0 Å². The van der Waals surface area contributed by atoms with E-state index in [1.165, 1.54) is 33.5 Å². The van der Waals surface area contributed by atoms with Gasteiger partial charge in [-0.05, 0) is 35.9 Å². The number of esters is 1. The minimum absolute atomic E-state index is 0.273. The third-order valence-corrected chi connectivity index (χ3v) is 4.49. The van der Waals surface area contributed by atoms with Crippen LogP contribution in [0.1, 0.15) is 21.5 Å². The van der Waals surface area contributed by atoms with Crippen LogP contribution in [0.25, 0.3) is 6.08 Å². The molecule has 7 nitrogen and oxygen atoms in total. The van der Waals surface area contributed by atoms with Crippen molar-refractivity contribution in [3.05, 3.63) is 53.1 Å². The zero-order valence-corrected chi connectivity index (χ0v) is 16.5. The Morgan fingerprint density at radius 1 is 1.00 bits per heavy atom. The first-order valence-electron chi connectivity index (χ1n) is 8.99. The summed E-state index contributed by atoms with van der Waals surface area (Å²) in [6.07, 6.45) is 3.53. The van der Waals surface area contributed by atoms with Crippen LogP contribution in [0.15, 0.2) is 36.4 Å². The number of methoxy groups -OCH3 is 3. The van der Waals surface area contributed by atoms with Crippen LogP contribution in [0.4, 0.5) is 0 Å². The zero-order valence-electron chi connectivity index (χ0n) is 16.5. The molecule has 0 aliphatic carbocycles. The molecule has 2 aromatic rings. The van der Waals surface area contributed by atoms with Gasteiger partial charge < -0.3 is 23.7 Å². The second kappa shape index (κ2) is 9.14. The van der Waals surface area contributed by atoms with Crippen LogP contribution in [0.5, 0.6) is 23.0 Å². The third kappa shape index (κ3) is 4.68. The molecule has 0 unspecified atom stereocenters. The number of benzene rings is 2. The van der Waals surface area contributed by atoms with Gasteiger partial charge in [0.25, 0.3) is 0 Å². The quantitative estimate of drug-likeness (QED) is 0.384. The fourth-order valence-corrected chi connectivity index (χ4v) is 2.97. The van der Waals surface area contributed by atoms with E-state index < -0.39 is 5.97 Å². The lowest BCUT2D eigenvalue weighted by atomic mass is 10.1. The topological polar surface area (TPSA) is 80.3 Å². The summed E-state index contributed by atoms with van der Waals surface area (Å²) in [4.78, 5) is 24.3. The van der Waals surface area contributed by atoms with Gasteiger partial charge in [0.1, 0.15) is 11.5 Å². The lowest BCUT2D eigenvalue weighted by molar-refractivity contribution is -0.136. The summed E-state index contributed by atoms with van der Waals surface area (Å²) in [6.45, 7) is 0.276. The van der Waals surface area contributed by atoms with Crippen molar-refractivity contribution in [1.29, 1.82) is 0 Å². The Morgan fingerprint density at radius 2 is 1.72 bits per heavy atom. The summed E-state index contributed by atoms with van der Waals surface area (Å²) < 4.78 is 26.3. The number of Topliss-reactive ketones (excluding diaryl/α,β-unsaturated/α-hetero) is 1. The predicted molar refractivity (Wildman–Crippen MR) is 106 cm³/mol. The van der Waals surface area contributed by atoms with E-state index in [1.807, 2.05) is 0 Å². The number of hydrogen-bond acceptors (Lipinski definition) is 7. The number of carbonyl (C=O) groups excluding carboxylic acids is 2. The Hall–Kier alpha value is -3.48. The van der Waals surface area contributed by atoms with Gasteiger partial charge >= 0.3 is 5.97 Å². The molecule has 1 aliphatic rings. The van der Waals surface area contributed by atoms with Gasteiger partial charge in [-0.15, -0.1) is 0 Å². The summed E-state index contributed by atoms with van der Waals surface area (Å²) in [5.41, 5.74) is 2.09. The number of hydrogen-bond donors (Lipinski definition) is 0. The van der Waals surface area contributed by atoms with Crippen LogP contribution in [0.3, 0.4) is 0 Å². The number of carbonyl (C=O) groups is 2. The summed E-state index contributed by atoms with van der Waals surface area (Å²) >= 11 is 0. The summed E-state index contributed by atoms with van der Waals surface area (Å²) in [7, 11) is 4.55. The highest BCUT2D eigenvalue weighted by molar-refractivity contribution is 5.99. The Balaban J connectivity index is 1.63. The average molecular weight is 398 g/mol. The standard InChI is InChI=1S/C22H22O7/c1-25-19-12-21(27-3)20(26-2)11-15(19)5-7-22(24)29-13-17(23)14-4-6-18-16(10-14)8-9-28-18/h4-7,10-12H,8-9,13H2,1-3H3/b7-5+. The van der Waals surface area contributed by atoms with Crippen molar-refractivity contribution in [2.45, 2.75) is 6.42 Å². The van der Waals surface area contributed by atoms with Gasteiger partial charge in [-0.3, -0.25) is 4.79 Å². The molecule has 7 heteroatoms. The van der Waals surface area contributed by atoms with Crippen molar-refractivity contribution in [2.24, 2.45) is 0 Å². The molecular formula is C22H22O7. The molecule has 2 aromatic carbocycles. The second-order valence-corrected chi connectivity index (χ2v) is 6.23. The minimum Gasteiger partial charge on any atom is -0.496 e. The maximum Gasteiger partial charge on any atom is 0.331 e. The Bertz CT molecular complexity index is 946. The first-order valence-corrected chi connectivity index (χ1v) is 8.99. The average Bonchev–Trinajstić information content (AvgIpc) is 3.23. The van der Waals surface area contributed by atoms with E-state index in [-0.39, 0.29) is 12.4 Å². The SMILES string of the molecule is COc1cc(OC)c(OC)cc1/C=C/C(=O)OCC(=O)c1ccc2c(c1)CCO2. The summed E-state index contributed by atoms with van der Waals surface area (Å²) in [6, 6.07) is 8.55. The van der Waals surface area contributed by atoms with E-state index >= 15 is 0 Å². The van der Waals surface area contributed by atoms with E-state index in [9.17, 15) is 9.59 Å². The zero-order chi connectivity index (χ0) is 20.8. The molecule has 1 heterocycles. The predicted octanol–water partition coefficient (Wildman–Crippen LogP) is 3.09. The van der Waals surface area contributed by atoms with Crippen molar-refractivity contribution in [3.8, 4) is 23.0 Å². The molecule has 29 heavy (non-hydrogen) atoms. The molecule has 1 aliphatic heterocycles. The molecule has 0 spiro atoms. The normalized spacial score (nSPS) is 12.2. The van der Waals surface area contributed by atoms with Crippen LogP contribution in [0, 0.1) is 0 Å². The molecule has 3 rings (SSSR count). The van der Waals surface area contributed by atoms with Crippen molar-refractivity contribution in [3.63, 3.8) is 0 Å². The largest absolute Gasteiger partial charge is 0.496 e. The highest BCUT2D eigenvalue weighted by atomic mass is 16.5. The van der Waals surface area contributed by atoms with E-state index in [0.29, 0.717) is 35.0 Å². The molecule has 0 atom stereocenters. The Labute approximate surface area is 168 Å². The highest BCUT2D eigenvalue weighted by Crippen LogP contribution is 2.35. The van der Waals surface area contributed by atoms with Crippen molar-refractivity contribution in [1.82, 2.24) is 0 Å². The Kier molecular flexibility index (Phi) is 6.39. The van der Waals surface area contributed by atoms with Gasteiger partial charge in [0.2, 0.25) is 0 Å². The number of rotatable bonds is 8. The smallest absolute Gasteiger partial charge is 0.331 e. The molecule has 0 amide bonds. The molecule has 0 saturated heterocycles. The highest BCUT2D eigenvalue weighted by Gasteiger charge is 2.16. The first-order chi connectivity index (χ1) is 14.0. The molecule has 0 bridgehead atoms. The maximum atomic E-state index is 12.3. The van der Waals surface area contributed by atoms with Crippen molar-refractivity contribution in [2.75, 3.05) is 34.5 Å². The van der Waals surface area contributed by atoms with Gasteiger partial charge in [0, 0.05) is 29.7 Å². The Morgan fingerprint density at radius 3 is 2.45 bits per heavy atom. The molecular weight excluding hydrogens is 376 g/mol. The van der Waals surface area contributed by atoms with E-state index in [1.54, 1.807) is 30.3 Å². The lowest BCUT2D eigenvalue weighted by Gasteiger charge is -2.12. The number of ketones is 1. The monoisotopic (exact) mass is 398 g/mol. The summed E-state index contributed by atoms with van der Waals surface area (Å²) in [5, 5.41) is 0. The van der Waals surface area contributed by atoms with Gasteiger partial charge in [0.15, 0.2) is 23.9 Å². The number of ether oxygens (including phenoxy) is 5. The third-order valence-electron chi connectivity index (χ3n) is 4.49. The molecule has 152 valence electrons. The van der Waals surface area contributed by atoms with Gasteiger partial charge in [0.05, 0.1) is 27.9 Å². The lowest BCUT2D eigenvalue weighted by Crippen LogP contribution is -2.12. The van der Waals surface area contributed by atoms with Gasteiger partial charge in [-0.25, -0.2) is 4.79 Å². The maximum absolute atomic E-state index is 12.3. The van der Waals surface area contributed by atoms with Crippen LogP contribution in [-0.2, 0) is 16.0 Å². The van der Waals surface area contributed by atoms with E-state index in [4.69, 9.17) is 23.7 Å². The fraction of sp³-hybridized carbons (Fsp3) is 0.273. The molecule has 0 N–H and O–H groups in total. The fourth-order valence-electron chi connectivity index (χ4n) is 2.97. The molecule has 0 saturated carbocycles. The van der Waals surface area contributed by atoms with E-state index in [2.05, 4.69) is 0 Å².